The number of carbonyl (C=O) groups is 1. The number of hydrogen-bond acceptors (Lipinski definition) is 5. The van der Waals surface area contributed by atoms with Gasteiger partial charge in [0, 0.05) is 31.6 Å². The van der Waals surface area contributed by atoms with Crippen LogP contribution < -0.4 is 5.56 Å². The molecule has 0 radical (unpaired) electrons. The van der Waals surface area contributed by atoms with Gasteiger partial charge in [-0.1, -0.05) is 18.2 Å². The van der Waals surface area contributed by atoms with Crippen LogP contribution in [0.3, 0.4) is 0 Å². The lowest BCUT2D eigenvalue weighted by Gasteiger charge is -2.27. The van der Waals surface area contributed by atoms with Crippen molar-refractivity contribution in [1.29, 1.82) is 0 Å². The first kappa shape index (κ1) is 18.1. The van der Waals surface area contributed by atoms with Gasteiger partial charge in [-0.2, -0.15) is 5.10 Å². The van der Waals surface area contributed by atoms with Crippen LogP contribution in [0.5, 0.6) is 0 Å². The van der Waals surface area contributed by atoms with Crippen molar-refractivity contribution >= 4 is 16.7 Å². The van der Waals surface area contributed by atoms with E-state index in [4.69, 9.17) is 4.74 Å². The quantitative estimate of drug-likeness (QED) is 0.807. The number of ether oxygens (including phenoxy) is 1. The lowest BCUT2D eigenvalue weighted by Crippen LogP contribution is -2.44. The van der Waals surface area contributed by atoms with E-state index in [1.807, 2.05) is 23.1 Å². The Morgan fingerprint density at radius 2 is 1.96 bits per heavy atom. The highest BCUT2D eigenvalue weighted by molar-refractivity contribution is 5.81. The zero-order valence-corrected chi connectivity index (χ0v) is 15.5. The summed E-state index contributed by atoms with van der Waals surface area (Å²) in [5, 5.41) is 5.57. The van der Waals surface area contributed by atoms with Crippen molar-refractivity contribution in [2.24, 2.45) is 0 Å². The lowest BCUT2D eigenvalue weighted by molar-refractivity contribution is -0.133. The summed E-state index contributed by atoms with van der Waals surface area (Å²) < 4.78 is 7.23. The molecule has 1 amide bonds. The molecule has 0 spiro atoms. The normalized spacial score (nSPS) is 21.5. The van der Waals surface area contributed by atoms with Crippen molar-refractivity contribution in [2.45, 2.75) is 31.9 Å². The number of hydrogen-bond donors (Lipinski definition) is 0. The number of rotatable bonds is 4. The topological polar surface area (TPSA) is 67.7 Å². The summed E-state index contributed by atoms with van der Waals surface area (Å²) in [6.07, 6.45) is 4.99. The molecule has 4 rings (SSSR count). The molecule has 3 heterocycles. The van der Waals surface area contributed by atoms with E-state index >= 15 is 0 Å². The Labute approximate surface area is 158 Å². The summed E-state index contributed by atoms with van der Waals surface area (Å²) in [5.41, 5.74) is -0.221. The first-order valence-corrected chi connectivity index (χ1v) is 9.77. The molecule has 1 aromatic carbocycles. The predicted molar refractivity (Wildman–Crippen MR) is 103 cm³/mol. The Morgan fingerprint density at radius 3 is 2.81 bits per heavy atom. The van der Waals surface area contributed by atoms with E-state index in [0.717, 1.165) is 31.4 Å². The van der Waals surface area contributed by atoms with Crippen LogP contribution in [0.15, 0.2) is 35.3 Å². The standard InChI is InChI=1S/C20H26N4O3/c25-19(15-24-20(26)18-7-2-1-6-16(18)12-21-24)23-10-5-11-27-17(14-23)13-22-8-3-4-9-22/h1-2,6-7,12,17H,3-5,8-11,13-15H2/t17-/m0/s1. The van der Waals surface area contributed by atoms with Crippen LogP contribution in [0.2, 0.25) is 0 Å². The average Bonchev–Trinajstić information content (AvgIpc) is 3.08. The molecule has 0 aliphatic carbocycles. The Bertz CT molecular complexity index is 860. The van der Waals surface area contributed by atoms with E-state index in [0.29, 0.717) is 25.1 Å². The van der Waals surface area contributed by atoms with Gasteiger partial charge >= 0.3 is 0 Å². The predicted octanol–water partition coefficient (Wildman–Crippen LogP) is 1.11. The van der Waals surface area contributed by atoms with E-state index < -0.39 is 0 Å². The average molecular weight is 370 g/mol. The van der Waals surface area contributed by atoms with Crippen LogP contribution in [0.4, 0.5) is 0 Å². The Balaban J connectivity index is 1.45. The first-order valence-electron chi connectivity index (χ1n) is 9.77. The van der Waals surface area contributed by atoms with Crippen molar-refractivity contribution in [3.63, 3.8) is 0 Å². The maximum absolute atomic E-state index is 12.8. The minimum atomic E-state index is -0.221. The zero-order chi connectivity index (χ0) is 18.6. The molecule has 0 N–H and O–H groups in total. The highest BCUT2D eigenvalue weighted by atomic mass is 16.5. The molecule has 2 fully saturated rings. The number of likely N-dealkylation sites (tertiary alicyclic amines) is 1. The van der Waals surface area contributed by atoms with Crippen molar-refractivity contribution in [1.82, 2.24) is 19.6 Å². The van der Waals surface area contributed by atoms with Crippen LogP contribution in [0.25, 0.3) is 10.8 Å². The van der Waals surface area contributed by atoms with E-state index in [1.165, 1.54) is 17.5 Å². The number of carbonyl (C=O) groups excluding carboxylic acids is 1. The highest BCUT2D eigenvalue weighted by Gasteiger charge is 2.25. The molecule has 2 saturated heterocycles. The highest BCUT2D eigenvalue weighted by Crippen LogP contribution is 2.13. The fourth-order valence-corrected chi connectivity index (χ4v) is 3.95. The number of benzene rings is 1. The summed E-state index contributed by atoms with van der Waals surface area (Å²) in [5.74, 6) is -0.0724. The minimum absolute atomic E-state index is 0.0277. The summed E-state index contributed by atoms with van der Waals surface area (Å²) in [4.78, 5) is 29.7. The summed E-state index contributed by atoms with van der Waals surface area (Å²) >= 11 is 0. The summed E-state index contributed by atoms with van der Waals surface area (Å²) in [7, 11) is 0. The van der Waals surface area contributed by atoms with E-state index in [1.54, 1.807) is 12.3 Å². The largest absolute Gasteiger partial charge is 0.375 e. The van der Waals surface area contributed by atoms with E-state index in [-0.39, 0.29) is 24.1 Å². The lowest BCUT2D eigenvalue weighted by atomic mass is 10.2. The monoisotopic (exact) mass is 370 g/mol. The van der Waals surface area contributed by atoms with Gasteiger partial charge in [-0.15, -0.1) is 0 Å². The number of aromatic nitrogens is 2. The number of fused-ring (bicyclic) bond motifs is 1. The van der Waals surface area contributed by atoms with Gasteiger partial charge in [-0.25, -0.2) is 4.68 Å². The minimum Gasteiger partial charge on any atom is -0.375 e. The van der Waals surface area contributed by atoms with Gasteiger partial charge in [-0.05, 0) is 38.4 Å². The molecule has 144 valence electrons. The van der Waals surface area contributed by atoms with E-state index in [2.05, 4.69) is 10.00 Å². The van der Waals surface area contributed by atoms with Gasteiger partial charge in [-0.3, -0.25) is 9.59 Å². The molecule has 0 bridgehead atoms. The molecule has 2 aromatic rings. The SMILES string of the molecule is O=C(Cn1ncc2ccccc2c1=O)N1CCCO[C@@H](CN2CCCC2)C1. The van der Waals surface area contributed by atoms with Crippen LogP contribution in [-0.2, 0) is 16.1 Å². The second kappa shape index (κ2) is 8.19. The Hall–Kier alpha value is -2.25. The first-order chi connectivity index (χ1) is 13.2. The third-order valence-corrected chi connectivity index (χ3v) is 5.41. The van der Waals surface area contributed by atoms with Crippen molar-refractivity contribution in [3.05, 3.63) is 40.8 Å². The second-order valence-corrected chi connectivity index (χ2v) is 7.39. The zero-order valence-electron chi connectivity index (χ0n) is 15.5. The number of nitrogens with zero attached hydrogens (tertiary/aromatic N) is 4. The Morgan fingerprint density at radius 1 is 1.15 bits per heavy atom. The summed E-state index contributed by atoms with van der Waals surface area (Å²) in [6.45, 7) is 5.00. The van der Waals surface area contributed by atoms with Gasteiger partial charge in [0.2, 0.25) is 5.91 Å². The molecule has 0 unspecified atom stereocenters. The molecule has 2 aliphatic rings. The maximum Gasteiger partial charge on any atom is 0.275 e. The van der Waals surface area contributed by atoms with Crippen LogP contribution in [0, 0.1) is 0 Å². The van der Waals surface area contributed by atoms with Crippen LogP contribution in [-0.4, -0.2) is 70.9 Å². The van der Waals surface area contributed by atoms with Gasteiger partial charge < -0.3 is 14.5 Å². The molecular formula is C20H26N4O3. The molecule has 7 nitrogen and oxygen atoms in total. The molecular weight excluding hydrogens is 344 g/mol. The van der Waals surface area contributed by atoms with Crippen molar-refractivity contribution in [2.75, 3.05) is 39.3 Å². The third kappa shape index (κ3) is 4.20. The smallest absolute Gasteiger partial charge is 0.275 e. The van der Waals surface area contributed by atoms with Crippen molar-refractivity contribution in [3.8, 4) is 0 Å². The van der Waals surface area contributed by atoms with Gasteiger partial charge in [0.15, 0.2) is 0 Å². The van der Waals surface area contributed by atoms with Gasteiger partial charge in [0.1, 0.15) is 6.54 Å². The van der Waals surface area contributed by atoms with Crippen molar-refractivity contribution < 1.29 is 9.53 Å². The maximum atomic E-state index is 12.8. The molecule has 0 saturated carbocycles. The van der Waals surface area contributed by atoms with Gasteiger partial charge in [0.05, 0.1) is 17.7 Å². The summed E-state index contributed by atoms with van der Waals surface area (Å²) in [6, 6.07) is 7.32. The van der Waals surface area contributed by atoms with Gasteiger partial charge in [0.25, 0.3) is 5.56 Å². The molecule has 1 atom stereocenters. The molecule has 7 heteroatoms. The fourth-order valence-electron chi connectivity index (χ4n) is 3.95. The molecule has 1 aromatic heterocycles. The molecule has 27 heavy (non-hydrogen) atoms. The second-order valence-electron chi connectivity index (χ2n) is 7.39. The van der Waals surface area contributed by atoms with Crippen LogP contribution >= 0.6 is 0 Å². The fraction of sp³-hybridized carbons (Fsp3) is 0.550. The van der Waals surface area contributed by atoms with E-state index in [9.17, 15) is 9.59 Å². The van der Waals surface area contributed by atoms with Crippen LogP contribution in [0.1, 0.15) is 19.3 Å². The Kier molecular flexibility index (Phi) is 5.50. The number of amides is 1. The molecule has 2 aliphatic heterocycles. The third-order valence-electron chi connectivity index (χ3n) is 5.41.